The third-order valence-electron chi connectivity index (χ3n) is 13.5. The molecule has 2 heterocycles. The molecule has 0 N–H and O–H groups in total. The van der Waals surface area contributed by atoms with Crippen molar-refractivity contribution in [3.05, 3.63) is 191 Å². The fraction of sp³-hybridized carbons (Fsp3) is 0.246. The molecule has 6 aromatic carbocycles. The maximum Gasteiger partial charge on any atom is 0.311 e. The number of carbonyl (C=O) groups is 2. The molecule has 0 spiro atoms. The van der Waals surface area contributed by atoms with Gasteiger partial charge in [0.05, 0.1) is 31.8 Å². The van der Waals surface area contributed by atoms with E-state index in [0.717, 1.165) is 52.7 Å². The summed E-state index contributed by atoms with van der Waals surface area (Å²) >= 11 is 0. The molecule has 3 aliphatic rings. The van der Waals surface area contributed by atoms with Gasteiger partial charge in [0.1, 0.15) is 6.42 Å². The zero-order valence-corrected chi connectivity index (χ0v) is 37.7. The number of methoxy groups -OCH3 is 2. The Bertz CT molecular complexity index is 2910. The van der Waals surface area contributed by atoms with E-state index in [-0.39, 0.29) is 35.6 Å². The number of para-hydroxylation sites is 2. The van der Waals surface area contributed by atoms with Gasteiger partial charge in [-0.15, -0.1) is 0 Å². The van der Waals surface area contributed by atoms with Gasteiger partial charge in [-0.2, -0.15) is 4.58 Å². The van der Waals surface area contributed by atoms with Crippen molar-refractivity contribution in [1.82, 2.24) is 0 Å². The van der Waals surface area contributed by atoms with E-state index >= 15 is 0 Å². The number of anilines is 3. The number of allylic oxidation sites excluding steroid dienone is 7. The van der Waals surface area contributed by atoms with Crippen LogP contribution in [-0.4, -0.2) is 49.5 Å². The third kappa shape index (κ3) is 7.53. The van der Waals surface area contributed by atoms with E-state index in [4.69, 9.17) is 9.47 Å². The van der Waals surface area contributed by atoms with Crippen LogP contribution in [0.15, 0.2) is 180 Å². The SMILES string of the molecule is COC(=O)CCN1/C(=C/C=C2\CCC(/C=C/C3=[N+](CCC(=O)OC)c4ccc5ccccc5c4C3(C)C)=C2N(c2ccccc2)c2ccccc2)C(C)(C)c2c1ccc1ccccc21. The van der Waals surface area contributed by atoms with Crippen LogP contribution in [-0.2, 0) is 29.9 Å². The first-order chi connectivity index (χ1) is 31.0. The summed E-state index contributed by atoms with van der Waals surface area (Å²) in [6, 6.07) is 47.2. The second-order valence-electron chi connectivity index (χ2n) is 17.9. The quantitative estimate of drug-likeness (QED) is 0.0903. The molecule has 9 rings (SSSR count). The minimum absolute atomic E-state index is 0.230. The molecule has 0 bridgehead atoms. The van der Waals surface area contributed by atoms with Crippen molar-refractivity contribution in [1.29, 1.82) is 0 Å². The van der Waals surface area contributed by atoms with Crippen LogP contribution in [0.3, 0.4) is 0 Å². The Morgan fingerprint density at radius 3 is 1.86 bits per heavy atom. The molecular weight excluding hydrogens is 791 g/mol. The molecule has 0 amide bonds. The van der Waals surface area contributed by atoms with Crippen LogP contribution in [0.5, 0.6) is 0 Å². The Labute approximate surface area is 376 Å². The highest BCUT2D eigenvalue weighted by molar-refractivity contribution is 6.08. The summed E-state index contributed by atoms with van der Waals surface area (Å²) in [4.78, 5) is 30.0. The summed E-state index contributed by atoms with van der Waals surface area (Å²) in [5.41, 5.74) is 12.1. The number of hydrogen-bond donors (Lipinski definition) is 0. The van der Waals surface area contributed by atoms with Crippen molar-refractivity contribution in [2.45, 2.75) is 64.2 Å². The number of hydrogen-bond acceptors (Lipinski definition) is 6. The summed E-state index contributed by atoms with van der Waals surface area (Å²) in [6.07, 6.45) is 11.5. The van der Waals surface area contributed by atoms with Crippen molar-refractivity contribution in [3.8, 4) is 0 Å². The predicted octanol–water partition coefficient (Wildman–Crippen LogP) is 12.5. The first-order valence-electron chi connectivity index (χ1n) is 22.4. The van der Waals surface area contributed by atoms with Gasteiger partial charge in [-0.3, -0.25) is 9.59 Å². The molecule has 7 nitrogen and oxygen atoms in total. The lowest BCUT2D eigenvalue weighted by Crippen LogP contribution is -2.28. The lowest BCUT2D eigenvalue weighted by atomic mass is 9.79. The highest BCUT2D eigenvalue weighted by atomic mass is 16.5. The first kappa shape index (κ1) is 42.3. The van der Waals surface area contributed by atoms with Crippen LogP contribution in [0.2, 0.25) is 0 Å². The van der Waals surface area contributed by atoms with Gasteiger partial charge < -0.3 is 19.3 Å². The smallest absolute Gasteiger partial charge is 0.311 e. The minimum Gasteiger partial charge on any atom is -0.469 e. The standard InChI is InChI=1S/C57H56N3O4/c1-56(2)49(58(37-35-51(61)63-5)47-31-27-39-17-13-15-23-45(39)53(47)56)33-29-41-25-26-42(55(41)60(43-19-9-7-10-20-43)44-21-11-8-12-22-44)30-34-50-57(3,4)54-46-24-16-14-18-40(46)28-32-48(54)59(50)38-36-52(62)64-6/h7-24,27-34H,25-26,35-38H2,1-6H3/q+1. The Kier molecular flexibility index (Phi) is 11.4. The van der Waals surface area contributed by atoms with Gasteiger partial charge in [0.2, 0.25) is 5.69 Å². The van der Waals surface area contributed by atoms with E-state index < -0.39 is 0 Å². The topological polar surface area (TPSA) is 62.1 Å². The van der Waals surface area contributed by atoms with Gasteiger partial charge in [0.25, 0.3) is 0 Å². The summed E-state index contributed by atoms with van der Waals surface area (Å²) < 4.78 is 12.6. The van der Waals surface area contributed by atoms with Gasteiger partial charge in [0.15, 0.2) is 12.3 Å². The predicted molar refractivity (Wildman–Crippen MR) is 261 cm³/mol. The van der Waals surface area contributed by atoms with Crippen molar-refractivity contribution < 1.29 is 23.6 Å². The lowest BCUT2D eigenvalue weighted by molar-refractivity contribution is -0.436. The van der Waals surface area contributed by atoms with E-state index in [9.17, 15) is 9.59 Å². The molecule has 0 fully saturated rings. The fourth-order valence-corrected chi connectivity index (χ4v) is 10.4. The molecule has 0 saturated carbocycles. The molecule has 0 atom stereocenters. The van der Waals surface area contributed by atoms with Crippen LogP contribution in [0, 0.1) is 0 Å². The lowest BCUT2D eigenvalue weighted by Gasteiger charge is -2.29. The number of esters is 2. The number of benzene rings is 6. The fourth-order valence-electron chi connectivity index (χ4n) is 10.4. The molecule has 0 radical (unpaired) electrons. The number of carbonyl (C=O) groups excluding carboxylic acids is 2. The van der Waals surface area contributed by atoms with Crippen molar-refractivity contribution in [2.24, 2.45) is 0 Å². The first-order valence-corrected chi connectivity index (χ1v) is 22.4. The molecule has 322 valence electrons. The highest BCUT2D eigenvalue weighted by Crippen LogP contribution is 2.52. The van der Waals surface area contributed by atoms with Crippen LogP contribution in [0.25, 0.3) is 21.5 Å². The molecule has 1 aliphatic carbocycles. The number of ether oxygens (including phenoxy) is 2. The largest absolute Gasteiger partial charge is 0.469 e. The van der Waals surface area contributed by atoms with Crippen LogP contribution >= 0.6 is 0 Å². The average molecular weight is 847 g/mol. The third-order valence-corrected chi connectivity index (χ3v) is 13.5. The zero-order valence-electron chi connectivity index (χ0n) is 37.7. The molecule has 0 aromatic heterocycles. The van der Waals surface area contributed by atoms with Crippen molar-refractivity contribution in [3.63, 3.8) is 0 Å². The monoisotopic (exact) mass is 846 g/mol. The van der Waals surface area contributed by atoms with Crippen molar-refractivity contribution >= 4 is 61.9 Å². The molecule has 7 heteroatoms. The van der Waals surface area contributed by atoms with E-state index in [1.165, 1.54) is 58.0 Å². The summed E-state index contributed by atoms with van der Waals surface area (Å²) in [6.45, 7) is 10.2. The van der Waals surface area contributed by atoms with E-state index in [1.807, 2.05) is 0 Å². The molecule has 0 unspecified atom stereocenters. The Morgan fingerprint density at radius 1 is 0.641 bits per heavy atom. The van der Waals surface area contributed by atoms with Gasteiger partial charge in [-0.25, -0.2) is 0 Å². The van der Waals surface area contributed by atoms with E-state index in [2.05, 4.69) is 200 Å². The summed E-state index contributed by atoms with van der Waals surface area (Å²) in [5, 5.41) is 4.84. The van der Waals surface area contributed by atoms with Crippen LogP contribution in [0.1, 0.15) is 64.5 Å². The zero-order chi connectivity index (χ0) is 44.6. The average Bonchev–Trinajstić information content (AvgIpc) is 3.89. The van der Waals surface area contributed by atoms with Gasteiger partial charge in [0, 0.05) is 52.4 Å². The number of nitrogens with zero attached hydrogens (tertiary/aromatic N) is 3. The molecular formula is C57H56N3O4+. The maximum absolute atomic E-state index is 12.6. The van der Waals surface area contributed by atoms with Gasteiger partial charge in [-0.1, -0.05) is 117 Å². The van der Waals surface area contributed by atoms with Crippen molar-refractivity contribution in [2.75, 3.05) is 37.1 Å². The Hall–Kier alpha value is -6.99. The second kappa shape index (κ2) is 17.3. The van der Waals surface area contributed by atoms with Gasteiger partial charge >= 0.3 is 11.9 Å². The number of fused-ring (bicyclic) bond motifs is 6. The number of rotatable bonds is 12. The van der Waals surface area contributed by atoms with Gasteiger partial charge in [-0.05, 0) is 107 Å². The molecule has 64 heavy (non-hydrogen) atoms. The minimum atomic E-state index is -0.356. The summed E-state index contributed by atoms with van der Waals surface area (Å²) in [7, 11) is 2.91. The normalized spacial score (nSPS) is 17.6. The highest BCUT2D eigenvalue weighted by Gasteiger charge is 2.46. The Balaban J connectivity index is 1.22. The van der Waals surface area contributed by atoms with E-state index in [1.54, 1.807) is 0 Å². The maximum atomic E-state index is 12.6. The van der Waals surface area contributed by atoms with Crippen LogP contribution < -0.4 is 9.80 Å². The second-order valence-corrected chi connectivity index (χ2v) is 17.9. The Morgan fingerprint density at radius 2 is 1.22 bits per heavy atom. The summed E-state index contributed by atoms with van der Waals surface area (Å²) in [5.74, 6) is -0.459. The van der Waals surface area contributed by atoms with Crippen LogP contribution in [0.4, 0.5) is 22.7 Å². The molecule has 6 aromatic rings. The molecule has 2 aliphatic heterocycles. The molecule has 0 saturated heterocycles. The van der Waals surface area contributed by atoms with E-state index in [0.29, 0.717) is 13.1 Å².